The molecule has 0 radical (unpaired) electrons. The third kappa shape index (κ3) is 8.23. The summed E-state index contributed by atoms with van der Waals surface area (Å²) in [5.41, 5.74) is 15.3. The van der Waals surface area contributed by atoms with Crippen LogP contribution in [0.3, 0.4) is 0 Å². The van der Waals surface area contributed by atoms with Crippen molar-refractivity contribution in [3.05, 3.63) is 117 Å². The van der Waals surface area contributed by atoms with Gasteiger partial charge in [0.05, 0.1) is 14.2 Å². The molecule has 0 bridgehead atoms. The molecule has 1 aromatic heterocycles. The van der Waals surface area contributed by atoms with Crippen LogP contribution < -0.4 is 19.9 Å². The van der Waals surface area contributed by atoms with Gasteiger partial charge in [-0.2, -0.15) is 0 Å². The Morgan fingerprint density at radius 3 is 1.50 bits per heavy atom. The minimum atomic E-state index is -3.81. The number of methoxy groups -OCH3 is 2. The van der Waals surface area contributed by atoms with Gasteiger partial charge in [-0.05, 0) is 136 Å². The molecule has 5 rings (SSSR count). The van der Waals surface area contributed by atoms with Crippen molar-refractivity contribution in [1.29, 1.82) is 0 Å². The molecule has 4 aromatic carbocycles. The van der Waals surface area contributed by atoms with Crippen LogP contribution in [-0.4, -0.2) is 27.8 Å². The maximum atomic E-state index is 13.9. The van der Waals surface area contributed by atoms with Gasteiger partial charge in [-0.1, -0.05) is 29.4 Å². The predicted molar refractivity (Wildman–Crippen MR) is 193 cm³/mol. The first-order chi connectivity index (χ1) is 23.5. The van der Waals surface area contributed by atoms with E-state index in [1.54, 1.807) is 47.1 Å². The lowest BCUT2D eigenvalue weighted by Gasteiger charge is -2.19. The van der Waals surface area contributed by atoms with Crippen LogP contribution in [0.4, 0.5) is 8.78 Å². The van der Waals surface area contributed by atoms with Crippen LogP contribution in [0.15, 0.2) is 70.1 Å². The Hall–Kier alpha value is -4.58. The highest BCUT2D eigenvalue weighted by Gasteiger charge is 2.27. The van der Waals surface area contributed by atoms with E-state index in [2.05, 4.69) is 22.0 Å². The zero-order chi connectivity index (χ0) is 37.1. The zero-order valence-corrected chi connectivity index (χ0v) is 31.0. The predicted octanol–water partition coefficient (Wildman–Crippen LogP) is 8.90. The van der Waals surface area contributed by atoms with E-state index in [0.29, 0.717) is 22.8 Å². The summed E-state index contributed by atoms with van der Waals surface area (Å²) in [5, 5.41) is 3.72. The van der Waals surface area contributed by atoms with Gasteiger partial charge in [0.25, 0.3) is 0 Å². The number of hydrogen-bond donors (Lipinski definition) is 2. The van der Waals surface area contributed by atoms with Gasteiger partial charge in [0.1, 0.15) is 33.7 Å². The van der Waals surface area contributed by atoms with Crippen LogP contribution >= 0.6 is 0 Å². The second kappa shape index (κ2) is 15.5. The van der Waals surface area contributed by atoms with Crippen LogP contribution in [0.1, 0.15) is 70.8 Å². The molecule has 3 N–H and O–H groups in total. The van der Waals surface area contributed by atoms with Crippen molar-refractivity contribution in [1.82, 2.24) is 9.88 Å². The molecular formula is C39H45F2N3O5S. The second-order valence-electron chi connectivity index (χ2n) is 12.5. The largest absolute Gasteiger partial charge is 0.496 e. The Bertz CT molecular complexity index is 2060. The molecule has 5 aromatic rings. The van der Waals surface area contributed by atoms with Gasteiger partial charge in [-0.15, -0.1) is 0 Å². The number of aryl methyl sites for hydroxylation is 6. The van der Waals surface area contributed by atoms with E-state index in [-0.39, 0.29) is 28.3 Å². The molecule has 1 heterocycles. The fourth-order valence-electron chi connectivity index (χ4n) is 6.33. The molecule has 0 aliphatic rings. The quantitative estimate of drug-likeness (QED) is 0.157. The van der Waals surface area contributed by atoms with E-state index < -0.39 is 16.1 Å². The second-order valence-corrected chi connectivity index (χ2v) is 14.2. The summed E-state index contributed by atoms with van der Waals surface area (Å²) < 4.78 is 71.5. The van der Waals surface area contributed by atoms with Crippen LogP contribution in [0.25, 0.3) is 22.3 Å². The Morgan fingerprint density at radius 2 is 1.14 bits per heavy atom. The van der Waals surface area contributed by atoms with Gasteiger partial charge < -0.3 is 19.7 Å². The van der Waals surface area contributed by atoms with E-state index in [1.807, 2.05) is 46.8 Å². The van der Waals surface area contributed by atoms with Gasteiger partial charge in [0, 0.05) is 23.2 Å². The fourth-order valence-corrected chi connectivity index (χ4v) is 7.89. The van der Waals surface area contributed by atoms with E-state index >= 15 is 0 Å². The number of ether oxygens (including phenoxy) is 2. The molecule has 2 atom stereocenters. The van der Waals surface area contributed by atoms with Crippen molar-refractivity contribution in [2.24, 2.45) is 5.73 Å². The van der Waals surface area contributed by atoms with Crippen molar-refractivity contribution in [2.75, 3.05) is 14.2 Å². The summed E-state index contributed by atoms with van der Waals surface area (Å²) in [6.45, 7) is 14.7. The first kappa shape index (κ1) is 38.2. The highest BCUT2D eigenvalue weighted by Crippen LogP contribution is 2.38. The SMILES string of the molecule is COc1ccc(F)cc1-c1c(C)cc(C(C)N)cc1C.COc1ccc(F)cc1-c1c(C)cc(C(C)NS(=O)(=O)c2c(C)noc2C)cc1C. The van der Waals surface area contributed by atoms with Crippen molar-refractivity contribution in [3.8, 4) is 33.8 Å². The molecule has 0 amide bonds. The minimum Gasteiger partial charge on any atom is -0.496 e. The van der Waals surface area contributed by atoms with Gasteiger partial charge >= 0.3 is 0 Å². The topological polar surface area (TPSA) is 117 Å². The van der Waals surface area contributed by atoms with Crippen LogP contribution in [-0.2, 0) is 10.0 Å². The number of hydrogen-bond acceptors (Lipinski definition) is 7. The fraction of sp³-hybridized carbons (Fsp3) is 0.308. The lowest BCUT2D eigenvalue weighted by molar-refractivity contribution is 0.390. The van der Waals surface area contributed by atoms with E-state index in [1.165, 1.54) is 24.3 Å². The van der Waals surface area contributed by atoms with Gasteiger partial charge in [0.2, 0.25) is 10.0 Å². The highest BCUT2D eigenvalue weighted by atomic mass is 32.2. The first-order valence-corrected chi connectivity index (χ1v) is 17.6. The lowest BCUT2D eigenvalue weighted by Crippen LogP contribution is -2.27. The molecule has 0 aliphatic carbocycles. The standard InChI is InChI=1S/C22H25FN2O4S.C17H20FNO/c1-12-9-17(14(3)25-30(26,27)22-15(4)24-29-16(22)5)10-13(2)21(12)19-11-18(23)7-8-20(19)28-6;1-10-7-13(12(3)19)8-11(2)17(10)15-9-14(18)5-6-16(15)20-4/h7-11,14,25H,1-6H3;5-9,12H,19H2,1-4H3. The maximum Gasteiger partial charge on any atom is 0.246 e. The van der Waals surface area contributed by atoms with Crippen LogP contribution in [0, 0.1) is 53.2 Å². The van der Waals surface area contributed by atoms with Crippen molar-refractivity contribution >= 4 is 10.0 Å². The van der Waals surface area contributed by atoms with Gasteiger partial charge in [-0.3, -0.25) is 0 Å². The molecule has 11 heteroatoms. The molecule has 50 heavy (non-hydrogen) atoms. The highest BCUT2D eigenvalue weighted by molar-refractivity contribution is 7.89. The van der Waals surface area contributed by atoms with Crippen molar-refractivity contribution < 1.29 is 31.2 Å². The van der Waals surface area contributed by atoms with Gasteiger partial charge in [-0.25, -0.2) is 21.9 Å². The summed E-state index contributed by atoms with van der Waals surface area (Å²) in [5.74, 6) is 0.867. The number of nitrogens with one attached hydrogen (secondary N) is 1. The maximum absolute atomic E-state index is 13.9. The summed E-state index contributed by atoms with van der Waals surface area (Å²) in [4.78, 5) is 0.0592. The number of sulfonamides is 1. The van der Waals surface area contributed by atoms with Gasteiger partial charge in [0.15, 0.2) is 5.76 Å². The smallest absolute Gasteiger partial charge is 0.246 e. The number of halogens is 2. The molecule has 2 unspecified atom stereocenters. The Kier molecular flexibility index (Phi) is 11.9. The van der Waals surface area contributed by atoms with Crippen molar-refractivity contribution in [3.63, 3.8) is 0 Å². The normalized spacial score (nSPS) is 12.6. The Morgan fingerprint density at radius 1 is 0.720 bits per heavy atom. The molecule has 0 saturated carbocycles. The third-order valence-corrected chi connectivity index (χ3v) is 10.4. The average molecular weight is 706 g/mol. The molecular weight excluding hydrogens is 661 g/mol. The van der Waals surface area contributed by atoms with Crippen molar-refractivity contribution in [2.45, 2.75) is 72.4 Å². The molecule has 8 nitrogen and oxygen atoms in total. The summed E-state index contributed by atoms with van der Waals surface area (Å²) in [6.07, 6.45) is 0. The van der Waals surface area contributed by atoms with Crippen LogP contribution in [0.2, 0.25) is 0 Å². The third-order valence-electron chi connectivity index (χ3n) is 8.57. The lowest BCUT2D eigenvalue weighted by atomic mass is 9.91. The summed E-state index contributed by atoms with van der Waals surface area (Å²) in [6, 6.07) is 16.4. The number of aromatic nitrogens is 1. The molecule has 0 saturated heterocycles. The monoisotopic (exact) mass is 705 g/mol. The van der Waals surface area contributed by atoms with Crippen LogP contribution in [0.5, 0.6) is 11.5 Å². The average Bonchev–Trinajstić information content (AvgIpc) is 3.39. The van der Waals surface area contributed by atoms with E-state index in [9.17, 15) is 17.2 Å². The first-order valence-electron chi connectivity index (χ1n) is 16.1. The summed E-state index contributed by atoms with van der Waals surface area (Å²) in [7, 11) is -0.668. The number of benzene rings is 4. The Balaban J connectivity index is 0.000000244. The molecule has 0 aliphatic heterocycles. The number of nitrogens with zero attached hydrogens (tertiary/aromatic N) is 1. The minimum absolute atomic E-state index is 0.0177. The molecule has 266 valence electrons. The summed E-state index contributed by atoms with van der Waals surface area (Å²) >= 11 is 0. The zero-order valence-electron chi connectivity index (χ0n) is 30.2. The molecule has 0 fully saturated rings. The van der Waals surface area contributed by atoms with E-state index in [0.717, 1.165) is 50.1 Å². The number of nitrogens with two attached hydrogens (primary N) is 1. The number of rotatable bonds is 9. The molecule has 0 spiro atoms. The Labute approximate surface area is 293 Å². The van der Waals surface area contributed by atoms with E-state index in [4.69, 9.17) is 19.7 Å².